The lowest BCUT2D eigenvalue weighted by molar-refractivity contribution is -0.123. The summed E-state index contributed by atoms with van der Waals surface area (Å²) in [6.45, 7) is 0.417. The standard InChI is InChI=1S/C27H27N3O4/c31-25-22(21-13-7-8-14-23(21)29-25)15-16-28-26(32)24(17-19-9-3-1-4-10-19)30-27(33)34-18-20-11-5-2-6-12-20/h1-14,22,24H,15-18H2,(H,28,32)(H,29,31)(H,30,33)/t22-,24-/m0/s1. The zero-order chi connectivity index (χ0) is 23.8. The van der Waals surface area contributed by atoms with Crippen molar-refractivity contribution in [3.63, 3.8) is 0 Å². The van der Waals surface area contributed by atoms with Crippen LogP contribution in [-0.2, 0) is 27.4 Å². The lowest BCUT2D eigenvalue weighted by Crippen LogP contribution is -2.48. The highest BCUT2D eigenvalue weighted by atomic mass is 16.5. The van der Waals surface area contributed by atoms with E-state index in [0.717, 1.165) is 22.4 Å². The van der Waals surface area contributed by atoms with Crippen LogP contribution < -0.4 is 16.0 Å². The SMILES string of the molecule is O=C(N[C@@H](Cc1ccccc1)C(=O)NCC[C@@H]1C(=O)Nc2ccccc21)OCc1ccccc1. The quantitative estimate of drug-likeness (QED) is 0.456. The molecule has 3 amide bonds. The summed E-state index contributed by atoms with van der Waals surface area (Å²) in [6, 6.07) is 25.5. The normalized spacial score (nSPS) is 15.1. The summed E-state index contributed by atoms with van der Waals surface area (Å²) in [6.07, 6.45) is 0.120. The number of carbonyl (C=O) groups excluding carboxylic acids is 3. The third-order valence-electron chi connectivity index (χ3n) is 5.75. The van der Waals surface area contributed by atoms with Gasteiger partial charge in [0.05, 0.1) is 5.92 Å². The fourth-order valence-electron chi connectivity index (χ4n) is 3.99. The number of amides is 3. The number of alkyl carbamates (subject to hydrolysis) is 1. The van der Waals surface area contributed by atoms with E-state index < -0.39 is 12.1 Å². The van der Waals surface area contributed by atoms with Gasteiger partial charge in [-0.15, -0.1) is 0 Å². The zero-order valence-electron chi connectivity index (χ0n) is 18.7. The number of para-hydroxylation sites is 1. The first-order chi connectivity index (χ1) is 16.6. The fraction of sp³-hybridized carbons (Fsp3) is 0.222. The van der Waals surface area contributed by atoms with E-state index in [1.165, 1.54) is 0 Å². The number of benzene rings is 3. The lowest BCUT2D eigenvalue weighted by Gasteiger charge is -2.19. The number of anilines is 1. The Labute approximate surface area is 198 Å². The van der Waals surface area contributed by atoms with Gasteiger partial charge < -0.3 is 20.7 Å². The Hall–Kier alpha value is -4.13. The van der Waals surface area contributed by atoms with Crippen LogP contribution >= 0.6 is 0 Å². The van der Waals surface area contributed by atoms with Crippen molar-refractivity contribution >= 4 is 23.6 Å². The molecule has 0 spiro atoms. The van der Waals surface area contributed by atoms with Gasteiger partial charge in [0.1, 0.15) is 12.6 Å². The van der Waals surface area contributed by atoms with Crippen LogP contribution in [0.25, 0.3) is 0 Å². The van der Waals surface area contributed by atoms with Crippen molar-refractivity contribution in [2.45, 2.75) is 31.4 Å². The van der Waals surface area contributed by atoms with Crippen molar-refractivity contribution in [1.29, 1.82) is 0 Å². The smallest absolute Gasteiger partial charge is 0.408 e. The van der Waals surface area contributed by atoms with Crippen LogP contribution in [0.4, 0.5) is 10.5 Å². The minimum atomic E-state index is -0.810. The number of fused-ring (bicyclic) bond motifs is 1. The summed E-state index contributed by atoms with van der Waals surface area (Å²) >= 11 is 0. The minimum Gasteiger partial charge on any atom is -0.445 e. The van der Waals surface area contributed by atoms with Gasteiger partial charge in [0.2, 0.25) is 11.8 Å². The van der Waals surface area contributed by atoms with E-state index in [1.807, 2.05) is 84.9 Å². The van der Waals surface area contributed by atoms with Crippen molar-refractivity contribution < 1.29 is 19.1 Å². The summed E-state index contributed by atoms with van der Waals surface area (Å²) < 4.78 is 5.30. The Balaban J connectivity index is 1.34. The molecule has 0 saturated heterocycles. The van der Waals surface area contributed by atoms with Gasteiger partial charge in [-0.05, 0) is 29.2 Å². The highest BCUT2D eigenvalue weighted by Crippen LogP contribution is 2.33. The Morgan fingerprint density at radius 1 is 0.882 bits per heavy atom. The summed E-state index contributed by atoms with van der Waals surface area (Å²) in [4.78, 5) is 37.7. The molecule has 3 aromatic carbocycles. The number of hydrogen-bond donors (Lipinski definition) is 3. The summed E-state index contributed by atoms with van der Waals surface area (Å²) in [5.41, 5.74) is 3.52. The first kappa shape index (κ1) is 23.0. The molecule has 1 heterocycles. The molecule has 0 aliphatic carbocycles. The van der Waals surface area contributed by atoms with E-state index in [2.05, 4.69) is 16.0 Å². The molecule has 0 radical (unpaired) electrons. The van der Waals surface area contributed by atoms with Crippen molar-refractivity contribution in [1.82, 2.24) is 10.6 Å². The summed E-state index contributed by atoms with van der Waals surface area (Å²) in [5, 5.41) is 8.43. The average molecular weight is 458 g/mol. The second-order valence-corrected chi connectivity index (χ2v) is 8.16. The molecule has 0 aromatic heterocycles. The highest BCUT2D eigenvalue weighted by molar-refractivity contribution is 6.02. The highest BCUT2D eigenvalue weighted by Gasteiger charge is 2.30. The lowest BCUT2D eigenvalue weighted by atomic mass is 9.97. The fourth-order valence-corrected chi connectivity index (χ4v) is 3.99. The monoisotopic (exact) mass is 457 g/mol. The molecule has 1 aliphatic heterocycles. The van der Waals surface area contributed by atoms with E-state index in [9.17, 15) is 14.4 Å². The first-order valence-corrected chi connectivity index (χ1v) is 11.3. The van der Waals surface area contributed by atoms with Gasteiger partial charge in [-0.1, -0.05) is 78.9 Å². The Morgan fingerprint density at radius 2 is 1.53 bits per heavy atom. The third kappa shape index (κ3) is 6.01. The summed E-state index contributed by atoms with van der Waals surface area (Å²) in [5.74, 6) is -0.709. The van der Waals surface area contributed by atoms with Gasteiger partial charge in [-0.2, -0.15) is 0 Å². The molecule has 7 nitrogen and oxygen atoms in total. The first-order valence-electron chi connectivity index (χ1n) is 11.3. The van der Waals surface area contributed by atoms with Crippen LogP contribution in [0, 0.1) is 0 Å². The van der Waals surface area contributed by atoms with Crippen molar-refractivity contribution in [3.05, 3.63) is 102 Å². The van der Waals surface area contributed by atoms with E-state index in [-0.39, 0.29) is 24.3 Å². The van der Waals surface area contributed by atoms with Gasteiger partial charge in [-0.25, -0.2) is 4.79 Å². The van der Waals surface area contributed by atoms with E-state index in [1.54, 1.807) is 0 Å². The van der Waals surface area contributed by atoms with Crippen LogP contribution in [0.2, 0.25) is 0 Å². The van der Waals surface area contributed by atoms with Crippen LogP contribution in [-0.4, -0.2) is 30.5 Å². The molecule has 7 heteroatoms. The number of rotatable bonds is 9. The van der Waals surface area contributed by atoms with E-state index >= 15 is 0 Å². The number of ether oxygens (including phenoxy) is 1. The Morgan fingerprint density at radius 3 is 2.26 bits per heavy atom. The molecule has 1 aliphatic rings. The summed E-state index contributed by atoms with van der Waals surface area (Å²) in [7, 11) is 0. The van der Waals surface area contributed by atoms with Crippen molar-refractivity contribution in [2.24, 2.45) is 0 Å². The topological polar surface area (TPSA) is 96.5 Å². The van der Waals surface area contributed by atoms with Gasteiger partial charge in [-0.3, -0.25) is 9.59 Å². The van der Waals surface area contributed by atoms with Gasteiger partial charge in [0.15, 0.2) is 0 Å². The van der Waals surface area contributed by atoms with Crippen LogP contribution in [0.5, 0.6) is 0 Å². The maximum atomic E-state index is 13.0. The predicted octanol–water partition coefficient (Wildman–Crippen LogP) is 3.77. The Bertz CT molecular complexity index is 1130. The number of nitrogens with one attached hydrogen (secondary N) is 3. The molecule has 0 saturated carbocycles. The maximum absolute atomic E-state index is 13.0. The second-order valence-electron chi connectivity index (χ2n) is 8.16. The molecule has 4 rings (SSSR count). The second kappa shape index (κ2) is 11.1. The largest absolute Gasteiger partial charge is 0.445 e. The van der Waals surface area contributed by atoms with E-state index in [0.29, 0.717) is 19.4 Å². The van der Waals surface area contributed by atoms with Gasteiger partial charge >= 0.3 is 6.09 Å². The molecule has 2 atom stereocenters. The molecule has 3 aromatic rings. The number of hydrogen-bond acceptors (Lipinski definition) is 4. The molecule has 0 unspecified atom stereocenters. The maximum Gasteiger partial charge on any atom is 0.408 e. The predicted molar refractivity (Wildman–Crippen MR) is 129 cm³/mol. The zero-order valence-corrected chi connectivity index (χ0v) is 18.7. The van der Waals surface area contributed by atoms with Gasteiger partial charge in [0.25, 0.3) is 0 Å². The number of carbonyl (C=O) groups is 3. The molecular weight excluding hydrogens is 430 g/mol. The third-order valence-corrected chi connectivity index (χ3v) is 5.75. The van der Waals surface area contributed by atoms with Crippen molar-refractivity contribution in [3.8, 4) is 0 Å². The van der Waals surface area contributed by atoms with Crippen LogP contribution in [0.1, 0.15) is 29.0 Å². The Kier molecular flexibility index (Phi) is 7.55. The molecule has 34 heavy (non-hydrogen) atoms. The van der Waals surface area contributed by atoms with E-state index in [4.69, 9.17) is 4.74 Å². The molecule has 3 N–H and O–H groups in total. The molecule has 174 valence electrons. The van der Waals surface area contributed by atoms with Crippen LogP contribution in [0.3, 0.4) is 0 Å². The molecular formula is C27H27N3O4. The average Bonchev–Trinajstić information content (AvgIpc) is 3.18. The van der Waals surface area contributed by atoms with Gasteiger partial charge in [0, 0.05) is 18.7 Å². The van der Waals surface area contributed by atoms with Crippen LogP contribution in [0.15, 0.2) is 84.9 Å². The molecule has 0 fully saturated rings. The minimum absolute atomic E-state index is 0.0705. The molecule has 0 bridgehead atoms. The van der Waals surface area contributed by atoms with Crippen molar-refractivity contribution in [2.75, 3.05) is 11.9 Å².